The van der Waals surface area contributed by atoms with Crippen LogP contribution in [0.2, 0.25) is 0 Å². The van der Waals surface area contributed by atoms with Crippen LogP contribution in [0.4, 0.5) is 21.8 Å². The lowest BCUT2D eigenvalue weighted by molar-refractivity contribution is -0.135. The largest absolute Gasteiger partial charge is 0.369 e. The van der Waals surface area contributed by atoms with Crippen LogP contribution in [0.1, 0.15) is 46.1 Å². The van der Waals surface area contributed by atoms with Crippen LogP contribution in [0.15, 0.2) is 36.8 Å². The van der Waals surface area contributed by atoms with Gasteiger partial charge in [-0.1, -0.05) is 24.8 Å². The summed E-state index contributed by atoms with van der Waals surface area (Å²) in [5.74, 6) is 6.39. The van der Waals surface area contributed by atoms with E-state index in [0.29, 0.717) is 49.1 Å². The number of nitrogens with one attached hydrogen (secondary N) is 3. The number of carbonyl (C=O) groups excluding carboxylic acids is 2. The van der Waals surface area contributed by atoms with Gasteiger partial charge in [0.2, 0.25) is 17.8 Å². The molecule has 0 aliphatic carbocycles. The predicted octanol–water partition coefficient (Wildman–Crippen LogP) is 3.42. The number of hydrogen-bond acceptors (Lipinski definition) is 8. The van der Waals surface area contributed by atoms with E-state index < -0.39 is 17.3 Å². The molecule has 2 heterocycles. The number of rotatable bonds is 13. The van der Waals surface area contributed by atoms with Gasteiger partial charge in [0.15, 0.2) is 0 Å². The van der Waals surface area contributed by atoms with Crippen molar-refractivity contribution in [3.63, 3.8) is 0 Å². The Morgan fingerprint density at radius 2 is 1.93 bits per heavy atom. The van der Waals surface area contributed by atoms with Gasteiger partial charge in [-0.05, 0) is 47.7 Å². The molecule has 0 aromatic carbocycles. The van der Waals surface area contributed by atoms with Gasteiger partial charge in [0.25, 0.3) is 0 Å². The molecule has 0 unspecified atom stereocenters. The fourth-order valence-electron chi connectivity index (χ4n) is 3.31. The number of amides is 2. The van der Waals surface area contributed by atoms with E-state index in [1.807, 2.05) is 39.8 Å². The maximum atomic E-state index is 13.5. The van der Waals surface area contributed by atoms with E-state index in [1.54, 1.807) is 26.2 Å². The van der Waals surface area contributed by atoms with Crippen molar-refractivity contribution in [2.45, 2.75) is 46.6 Å². The zero-order valence-corrected chi connectivity index (χ0v) is 24.5. The second kappa shape index (κ2) is 15.5. The number of hydrogen-bond donors (Lipinski definition) is 3. The van der Waals surface area contributed by atoms with E-state index in [1.165, 1.54) is 23.2 Å². The molecule has 0 saturated heterocycles. The molecule has 2 amide bonds. The Morgan fingerprint density at radius 3 is 2.60 bits per heavy atom. The first-order chi connectivity index (χ1) is 18.9. The fourth-order valence-corrected chi connectivity index (χ4v) is 3.31. The molecule has 0 spiro atoms. The molecule has 216 valence electrons. The van der Waals surface area contributed by atoms with Gasteiger partial charge in [-0.3, -0.25) is 14.6 Å². The average molecular weight is 553 g/mol. The molecule has 0 aliphatic heterocycles. The number of halogens is 1. The van der Waals surface area contributed by atoms with Crippen LogP contribution in [0.5, 0.6) is 0 Å². The molecule has 40 heavy (non-hydrogen) atoms. The van der Waals surface area contributed by atoms with Crippen molar-refractivity contribution in [1.82, 2.24) is 30.1 Å². The number of anilines is 3. The number of likely N-dealkylation sites (N-methyl/N-ethyl adjacent to an activating group) is 2. The third-order valence-corrected chi connectivity index (χ3v) is 5.92. The molecule has 0 saturated carbocycles. The van der Waals surface area contributed by atoms with E-state index in [4.69, 9.17) is 0 Å². The molecule has 2 aromatic rings. The lowest BCUT2D eigenvalue weighted by atomic mass is 9.90. The van der Waals surface area contributed by atoms with Gasteiger partial charge in [0.1, 0.15) is 17.7 Å². The highest BCUT2D eigenvalue weighted by molar-refractivity contribution is 5.92. The summed E-state index contributed by atoms with van der Waals surface area (Å²) in [5, 5.41) is 9.13. The summed E-state index contributed by atoms with van der Waals surface area (Å²) < 4.78 is 13.5. The molecule has 2 aromatic heterocycles. The first kappa shape index (κ1) is 32.2. The van der Waals surface area contributed by atoms with Gasteiger partial charge in [0, 0.05) is 44.2 Å². The highest BCUT2D eigenvalue weighted by Gasteiger charge is 2.22. The van der Waals surface area contributed by atoms with Crippen LogP contribution in [0, 0.1) is 23.1 Å². The Morgan fingerprint density at radius 1 is 1.18 bits per heavy atom. The van der Waals surface area contributed by atoms with Crippen molar-refractivity contribution in [3.05, 3.63) is 48.2 Å². The Labute approximate surface area is 236 Å². The second-order valence-corrected chi connectivity index (χ2v) is 10.4. The molecule has 2 rings (SSSR count). The SMILES string of the molecule is CCCNc1nc(Nc2cncc(F)c2)ncc1C#CC(C)(C)CCNC(=O)[C@H](C)N(C)C(=O)/C=C/CN(C)C. The van der Waals surface area contributed by atoms with Crippen molar-refractivity contribution in [2.24, 2.45) is 5.41 Å². The molecule has 1 atom stereocenters. The van der Waals surface area contributed by atoms with Crippen LogP contribution in [-0.4, -0.2) is 83.4 Å². The normalized spacial score (nSPS) is 12.0. The molecule has 0 aliphatic rings. The minimum atomic E-state index is -0.606. The summed E-state index contributed by atoms with van der Waals surface area (Å²) in [6.45, 7) is 9.48. The maximum absolute atomic E-state index is 13.5. The minimum absolute atomic E-state index is 0.223. The predicted molar refractivity (Wildman–Crippen MR) is 157 cm³/mol. The molecule has 11 heteroatoms. The van der Waals surface area contributed by atoms with Crippen LogP contribution >= 0.6 is 0 Å². The minimum Gasteiger partial charge on any atom is -0.369 e. The lowest BCUT2D eigenvalue weighted by Gasteiger charge is -2.24. The van der Waals surface area contributed by atoms with E-state index in [9.17, 15) is 14.0 Å². The molecular weight excluding hydrogens is 511 g/mol. The van der Waals surface area contributed by atoms with Gasteiger partial charge in [-0.2, -0.15) is 4.98 Å². The summed E-state index contributed by atoms with van der Waals surface area (Å²) in [6, 6.07) is 0.704. The standard InChI is InChI=1S/C29H41FN8O2/c1-8-14-32-26-22(18-34-28(36-26)35-24-17-23(30)19-31-20-24)11-12-29(3,4)13-15-33-27(40)21(2)38(7)25(39)10-9-16-37(5)6/h9-10,17-21H,8,13-16H2,1-7H3,(H,33,40)(H2,32,34,35,36)/b10-9+/t21-/m0/s1. The van der Waals surface area contributed by atoms with Crippen LogP contribution in [0.25, 0.3) is 0 Å². The van der Waals surface area contributed by atoms with E-state index in [0.717, 1.165) is 12.6 Å². The van der Waals surface area contributed by atoms with Gasteiger partial charge in [-0.25, -0.2) is 9.37 Å². The molecular formula is C29H41FN8O2. The number of carbonyl (C=O) groups is 2. The topological polar surface area (TPSA) is 115 Å². The Kier molecular flexibility index (Phi) is 12.5. The zero-order chi connectivity index (χ0) is 29.7. The van der Waals surface area contributed by atoms with E-state index in [2.05, 4.69) is 42.7 Å². The second-order valence-electron chi connectivity index (χ2n) is 10.4. The summed E-state index contributed by atoms with van der Waals surface area (Å²) >= 11 is 0. The smallest absolute Gasteiger partial charge is 0.246 e. The summed E-state index contributed by atoms with van der Waals surface area (Å²) in [7, 11) is 5.45. The highest BCUT2D eigenvalue weighted by Crippen LogP contribution is 2.21. The quantitative estimate of drug-likeness (QED) is 0.256. The van der Waals surface area contributed by atoms with Crippen LogP contribution in [0.3, 0.4) is 0 Å². The molecule has 0 fully saturated rings. The number of aromatic nitrogens is 3. The van der Waals surface area contributed by atoms with Crippen LogP contribution in [-0.2, 0) is 9.59 Å². The molecule has 0 bridgehead atoms. The maximum Gasteiger partial charge on any atom is 0.246 e. The van der Waals surface area contributed by atoms with Gasteiger partial charge in [0.05, 0.1) is 29.8 Å². The van der Waals surface area contributed by atoms with Crippen molar-refractivity contribution in [2.75, 3.05) is 51.4 Å². The number of pyridine rings is 1. The highest BCUT2D eigenvalue weighted by atomic mass is 19.1. The monoisotopic (exact) mass is 552 g/mol. The molecule has 10 nitrogen and oxygen atoms in total. The molecule has 0 radical (unpaired) electrons. The summed E-state index contributed by atoms with van der Waals surface area (Å²) in [6.07, 6.45) is 8.97. The molecule has 3 N–H and O–H groups in total. The van der Waals surface area contributed by atoms with Crippen molar-refractivity contribution < 1.29 is 14.0 Å². The Balaban J connectivity index is 2.01. The van der Waals surface area contributed by atoms with Gasteiger partial charge >= 0.3 is 0 Å². The van der Waals surface area contributed by atoms with Crippen molar-refractivity contribution >= 4 is 29.3 Å². The average Bonchev–Trinajstić information content (AvgIpc) is 2.90. The third kappa shape index (κ3) is 11.0. The summed E-state index contributed by atoms with van der Waals surface area (Å²) in [5.41, 5.74) is 0.651. The Bertz CT molecular complexity index is 1240. The third-order valence-electron chi connectivity index (χ3n) is 5.92. The van der Waals surface area contributed by atoms with Crippen molar-refractivity contribution in [1.29, 1.82) is 0 Å². The van der Waals surface area contributed by atoms with E-state index >= 15 is 0 Å². The lowest BCUT2D eigenvalue weighted by Crippen LogP contribution is -2.46. The van der Waals surface area contributed by atoms with Crippen molar-refractivity contribution in [3.8, 4) is 11.8 Å². The van der Waals surface area contributed by atoms with Gasteiger partial charge in [-0.15, -0.1) is 0 Å². The fraction of sp³-hybridized carbons (Fsp3) is 0.483. The first-order valence-corrected chi connectivity index (χ1v) is 13.3. The Hall–Kier alpha value is -4.04. The zero-order valence-electron chi connectivity index (χ0n) is 24.5. The van der Waals surface area contributed by atoms with Gasteiger partial charge < -0.3 is 25.8 Å². The van der Waals surface area contributed by atoms with Crippen LogP contribution < -0.4 is 16.0 Å². The summed E-state index contributed by atoms with van der Waals surface area (Å²) in [4.78, 5) is 41.0. The van der Waals surface area contributed by atoms with E-state index in [-0.39, 0.29) is 11.8 Å². The first-order valence-electron chi connectivity index (χ1n) is 13.3. The number of nitrogens with zero attached hydrogens (tertiary/aromatic N) is 5.